The van der Waals surface area contributed by atoms with E-state index in [2.05, 4.69) is 0 Å². The zero-order valence-corrected chi connectivity index (χ0v) is 15.3. The fraction of sp³-hybridized carbons (Fsp3) is 0.300. The molecule has 1 heterocycles. The molecule has 27 heavy (non-hydrogen) atoms. The van der Waals surface area contributed by atoms with Gasteiger partial charge in [0.2, 0.25) is 0 Å². The third kappa shape index (κ3) is 4.49. The number of fused-ring (bicyclic) bond motifs is 1. The third-order valence-electron chi connectivity index (χ3n) is 4.13. The molecular formula is C20H21NO6. The van der Waals surface area contributed by atoms with Gasteiger partial charge in [0.1, 0.15) is 19.0 Å². The van der Waals surface area contributed by atoms with Gasteiger partial charge in [0.15, 0.2) is 18.1 Å². The van der Waals surface area contributed by atoms with Crippen molar-refractivity contribution in [1.29, 1.82) is 0 Å². The minimum Gasteiger partial charge on any atom is -0.496 e. The standard InChI is InChI=1S/C20H21NO6/c1-21(12-15-5-3-4-6-16(15)24-2)19(22)13-27-20(23)14-7-8-17-18(11-14)26-10-9-25-17/h3-8,11H,9-10,12-13H2,1-2H3. The second-order valence-electron chi connectivity index (χ2n) is 6.00. The molecule has 0 radical (unpaired) electrons. The van der Waals surface area contributed by atoms with Crippen LogP contribution in [0.4, 0.5) is 0 Å². The van der Waals surface area contributed by atoms with Gasteiger partial charge in [0.25, 0.3) is 5.91 Å². The molecule has 0 saturated carbocycles. The zero-order valence-electron chi connectivity index (χ0n) is 15.3. The van der Waals surface area contributed by atoms with Crippen molar-refractivity contribution in [2.24, 2.45) is 0 Å². The minimum atomic E-state index is -0.592. The van der Waals surface area contributed by atoms with Gasteiger partial charge in [-0.1, -0.05) is 18.2 Å². The highest BCUT2D eigenvalue weighted by molar-refractivity contribution is 5.92. The van der Waals surface area contributed by atoms with Gasteiger partial charge in [0, 0.05) is 19.2 Å². The summed E-state index contributed by atoms with van der Waals surface area (Å²) < 4.78 is 21.3. The number of hydrogen-bond acceptors (Lipinski definition) is 6. The van der Waals surface area contributed by atoms with Crippen LogP contribution in [0.3, 0.4) is 0 Å². The van der Waals surface area contributed by atoms with Crippen molar-refractivity contribution in [3.05, 3.63) is 53.6 Å². The number of carbonyl (C=O) groups is 2. The quantitative estimate of drug-likeness (QED) is 0.726. The molecule has 0 unspecified atom stereocenters. The topological polar surface area (TPSA) is 74.3 Å². The molecule has 0 aromatic heterocycles. The number of likely N-dealkylation sites (N-methyl/N-ethyl adjacent to an activating group) is 1. The van der Waals surface area contributed by atoms with Crippen LogP contribution in [-0.2, 0) is 16.1 Å². The summed E-state index contributed by atoms with van der Waals surface area (Å²) in [5.41, 5.74) is 1.17. The Bertz CT molecular complexity index is 835. The number of para-hydroxylation sites is 1. The van der Waals surface area contributed by atoms with Crippen LogP contribution < -0.4 is 14.2 Å². The highest BCUT2D eigenvalue weighted by atomic mass is 16.6. The predicted molar refractivity (Wildman–Crippen MR) is 97.2 cm³/mol. The fourth-order valence-corrected chi connectivity index (χ4v) is 2.67. The average molecular weight is 371 g/mol. The summed E-state index contributed by atoms with van der Waals surface area (Å²) in [7, 11) is 3.22. The summed E-state index contributed by atoms with van der Waals surface area (Å²) in [5.74, 6) is 0.879. The van der Waals surface area contributed by atoms with Crippen molar-refractivity contribution >= 4 is 11.9 Å². The van der Waals surface area contributed by atoms with E-state index in [4.69, 9.17) is 18.9 Å². The number of carbonyl (C=O) groups excluding carboxylic acids is 2. The van der Waals surface area contributed by atoms with Crippen molar-refractivity contribution in [1.82, 2.24) is 4.90 Å². The largest absolute Gasteiger partial charge is 0.496 e. The highest BCUT2D eigenvalue weighted by Gasteiger charge is 2.18. The van der Waals surface area contributed by atoms with Crippen molar-refractivity contribution < 1.29 is 28.5 Å². The predicted octanol–water partition coefficient (Wildman–Crippen LogP) is 2.28. The van der Waals surface area contributed by atoms with Crippen LogP contribution in [0.15, 0.2) is 42.5 Å². The van der Waals surface area contributed by atoms with Crippen LogP contribution in [0.5, 0.6) is 17.2 Å². The van der Waals surface area contributed by atoms with E-state index in [1.54, 1.807) is 32.4 Å². The lowest BCUT2D eigenvalue weighted by molar-refractivity contribution is -0.133. The maximum Gasteiger partial charge on any atom is 0.338 e. The molecule has 1 amide bonds. The Kier molecular flexibility index (Phi) is 5.80. The number of esters is 1. The van der Waals surface area contributed by atoms with E-state index in [9.17, 15) is 9.59 Å². The lowest BCUT2D eigenvalue weighted by Gasteiger charge is -2.19. The molecule has 7 nitrogen and oxygen atoms in total. The lowest BCUT2D eigenvalue weighted by Crippen LogP contribution is -2.31. The molecule has 2 aromatic carbocycles. The van der Waals surface area contributed by atoms with Crippen molar-refractivity contribution in [2.75, 3.05) is 34.0 Å². The van der Waals surface area contributed by atoms with Crippen molar-refractivity contribution in [3.63, 3.8) is 0 Å². The smallest absolute Gasteiger partial charge is 0.338 e. The molecule has 1 aliphatic rings. The van der Waals surface area contributed by atoms with Crippen LogP contribution in [-0.4, -0.2) is 50.8 Å². The van der Waals surface area contributed by atoms with Crippen LogP contribution >= 0.6 is 0 Å². The number of rotatable bonds is 6. The van der Waals surface area contributed by atoms with Crippen LogP contribution in [0.2, 0.25) is 0 Å². The van der Waals surface area contributed by atoms with Crippen LogP contribution in [0.1, 0.15) is 15.9 Å². The molecule has 0 atom stereocenters. The van der Waals surface area contributed by atoms with Crippen LogP contribution in [0, 0.1) is 0 Å². The molecule has 0 saturated heterocycles. The Morgan fingerprint density at radius 1 is 1.07 bits per heavy atom. The van der Waals surface area contributed by atoms with Crippen molar-refractivity contribution in [2.45, 2.75) is 6.54 Å². The van der Waals surface area contributed by atoms with E-state index in [0.29, 0.717) is 42.6 Å². The molecule has 142 valence electrons. The normalized spacial score (nSPS) is 12.2. The fourth-order valence-electron chi connectivity index (χ4n) is 2.67. The minimum absolute atomic E-state index is 0.305. The van der Waals surface area contributed by atoms with E-state index < -0.39 is 5.97 Å². The van der Waals surface area contributed by atoms with Gasteiger partial charge in [-0.05, 0) is 24.3 Å². The van der Waals surface area contributed by atoms with E-state index in [1.165, 1.54) is 4.90 Å². The number of benzene rings is 2. The number of amides is 1. The summed E-state index contributed by atoms with van der Waals surface area (Å²) in [6, 6.07) is 12.2. The third-order valence-corrected chi connectivity index (χ3v) is 4.13. The van der Waals surface area contributed by atoms with Gasteiger partial charge in [-0.3, -0.25) is 4.79 Å². The molecule has 2 aromatic rings. The first-order chi connectivity index (χ1) is 13.1. The second-order valence-corrected chi connectivity index (χ2v) is 6.00. The summed E-state index contributed by atoms with van der Waals surface area (Å²) in [4.78, 5) is 26.0. The average Bonchev–Trinajstić information content (AvgIpc) is 2.71. The summed E-state index contributed by atoms with van der Waals surface area (Å²) >= 11 is 0. The van der Waals surface area contributed by atoms with E-state index in [-0.39, 0.29) is 12.5 Å². The molecule has 0 aliphatic carbocycles. The molecular weight excluding hydrogens is 350 g/mol. The number of hydrogen-bond donors (Lipinski definition) is 0. The molecule has 1 aliphatic heterocycles. The Hall–Kier alpha value is -3.22. The monoisotopic (exact) mass is 371 g/mol. The molecule has 0 fully saturated rings. The van der Waals surface area contributed by atoms with Gasteiger partial charge in [-0.15, -0.1) is 0 Å². The van der Waals surface area contributed by atoms with Crippen molar-refractivity contribution in [3.8, 4) is 17.2 Å². The number of nitrogens with zero attached hydrogens (tertiary/aromatic N) is 1. The SMILES string of the molecule is COc1ccccc1CN(C)C(=O)COC(=O)c1ccc2c(c1)OCCO2. The molecule has 3 rings (SSSR count). The van der Waals surface area contributed by atoms with Crippen LogP contribution in [0.25, 0.3) is 0 Å². The Balaban J connectivity index is 1.56. The first kappa shape index (κ1) is 18.6. The summed E-state index contributed by atoms with van der Waals surface area (Å²) in [6.45, 7) is 0.908. The molecule has 7 heteroatoms. The van der Waals surface area contributed by atoms with E-state index in [1.807, 2.05) is 24.3 Å². The maximum absolute atomic E-state index is 12.3. The Morgan fingerprint density at radius 3 is 2.59 bits per heavy atom. The first-order valence-corrected chi connectivity index (χ1v) is 8.51. The molecule has 0 bridgehead atoms. The zero-order chi connectivity index (χ0) is 19.2. The van der Waals surface area contributed by atoms with E-state index in [0.717, 1.165) is 5.56 Å². The van der Waals surface area contributed by atoms with E-state index >= 15 is 0 Å². The number of methoxy groups -OCH3 is 1. The first-order valence-electron chi connectivity index (χ1n) is 8.51. The van der Waals surface area contributed by atoms with Gasteiger partial charge >= 0.3 is 5.97 Å². The Labute approximate surface area is 157 Å². The molecule has 0 N–H and O–H groups in total. The van der Waals surface area contributed by atoms with Gasteiger partial charge < -0.3 is 23.8 Å². The van der Waals surface area contributed by atoms with Gasteiger partial charge in [-0.2, -0.15) is 0 Å². The second kappa shape index (κ2) is 8.44. The lowest BCUT2D eigenvalue weighted by atomic mass is 10.2. The Morgan fingerprint density at radius 2 is 1.81 bits per heavy atom. The van der Waals surface area contributed by atoms with Gasteiger partial charge in [-0.25, -0.2) is 4.79 Å². The summed E-state index contributed by atoms with van der Waals surface area (Å²) in [5, 5.41) is 0. The number of ether oxygens (including phenoxy) is 4. The maximum atomic E-state index is 12.3. The molecule has 0 spiro atoms. The van der Waals surface area contributed by atoms with Gasteiger partial charge in [0.05, 0.1) is 12.7 Å². The summed E-state index contributed by atoms with van der Waals surface area (Å²) in [6.07, 6.45) is 0. The highest BCUT2D eigenvalue weighted by Crippen LogP contribution is 2.30.